The van der Waals surface area contributed by atoms with Gasteiger partial charge >= 0.3 is 6.18 Å². The Labute approximate surface area is 204 Å². The van der Waals surface area contributed by atoms with Crippen molar-refractivity contribution in [3.05, 3.63) is 73.3 Å². The van der Waals surface area contributed by atoms with Crippen molar-refractivity contribution in [2.24, 2.45) is 0 Å². The van der Waals surface area contributed by atoms with Gasteiger partial charge in [0.25, 0.3) is 5.91 Å². The molecule has 0 saturated carbocycles. The number of fused-ring (bicyclic) bond motifs is 1. The van der Waals surface area contributed by atoms with Gasteiger partial charge in [-0.25, -0.2) is 4.68 Å². The summed E-state index contributed by atoms with van der Waals surface area (Å²) >= 11 is 21.8. The molecule has 0 fully saturated rings. The average molecular weight is 569 g/mol. The fourth-order valence-corrected chi connectivity index (χ4v) is 4.46. The molecule has 0 saturated heterocycles. The van der Waals surface area contributed by atoms with Crippen LogP contribution in [0.25, 0.3) is 0 Å². The summed E-state index contributed by atoms with van der Waals surface area (Å²) in [6.07, 6.45) is -4.94. The van der Waals surface area contributed by atoms with Gasteiger partial charge in [-0.15, -0.1) is 0 Å². The lowest BCUT2D eigenvalue weighted by Crippen LogP contribution is -2.35. The molecule has 1 aliphatic heterocycles. The molecule has 0 unspecified atom stereocenters. The monoisotopic (exact) mass is 566 g/mol. The van der Waals surface area contributed by atoms with Crippen molar-refractivity contribution >= 4 is 68.1 Å². The first-order valence-corrected chi connectivity index (χ1v) is 11.1. The first-order valence-electron chi connectivity index (χ1n) is 9.18. The van der Waals surface area contributed by atoms with Crippen molar-refractivity contribution in [1.29, 1.82) is 0 Å². The number of amides is 1. The number of nitrogens with one attached hydrogen (secondary N) is 2. The van der Waals surface area contributed by atoms with Crippen molar-refractivity contribution in [2.45, 2.75) is 24.7 Å². The average Bonchev–Trinajstić information content (AvgIpc) is 3.06. The predicted molar refractivity (Wildman–Crippen MR) is 122 cm³/mol. The van der Waals surface area contributed by atoms with Gasteiger partial charge in [-0.05, 0) is 29.8 Å². The molecule has 0 radical (unpaired) electrons. The van der Waals surface area contributed by atoms with Crippen molar-refractivity contribution in [3.8, 4) is 0 Å². The maximum atomic E-state index is 13.9. The van der Waals surface area contributed by atoms with E-state index in [-0.39, 0.29) is 38.7 Å². The van der Waals surface area contributed by atoms with Crippen LogP contribution >= 0.6 is 50.7 Å². The number of para-hydroxylation sites is 1. The van der Waals surface area contributed by atoms with E-state index in [0.29, 0.717) is 10.2 Å². The van der Waals surface area contributed by atoms with Gasteiger partial charge in [-0.1, -0.05) is 68.9 Å². The minimum atomic E-state index is -4.61. The Bertz CT molecular complexity index is 1160. The fraction of sp³-hybridized carbons (Fsp3) is 0.200. The van der Waals surface area contributed by atoms with Crippen LogP contribution in [0.5, 0.6) is 0 Å². The summed E-state index contributed by atoms with van der Waals surface area (Å²) in [6.45, 7) is 0. The fourth-order valence-electron chi connectivity index (χ4n) is 3.44. The van der Waals surface area contributed by atoms with Crippen LogP contribution in [0.1, 0.15) is 34.6 Å². The zero-order valence-corrected chi connectivity index (χ0v) is 19.7. The number of aromatic nitrogens is 2. The van der Waals surface area contributed by atoms with Crippen molar-refractivity contribution in [1.82, 2.24) is 9.78 Å². The summed E-state index contributed by atoms with van der Waals surface area (Å²) in [4.78, 5) is 12.8. The van der Waals surface area contributed by atoms with Gasteiger partial charge in [-0.2, -0.15) is 18.3 Å². The Hall–Kier alpha value is -1.94. The third-order valence-corrected chi connectivity index (χ3v) is 6.50. The number of halogens is 7. The highest BCUT2D eigenvalue weighted by molar-refractivity contribution is 9.10. The zero-order chi connectivity index (χ0) is 23.2. The minimum absolute atomic E-state index is 0.0939. The van der Waals surface area contributed by atoms with Gasteiger partial charge in [0.05, 0.1) is 21.8 Å². The quantitative estimate of drug-likeness (QED) is 0.344. The lowest BCUT2D eigenvalue weighted by atomic mass is 9.97. The zero-order valence-electron chi connectivity index (χ0n) is 15.9. The van der Waals surface area contributed by atoms with Gasteiger partial charge < -0.3 is 10.6 Å². The molecule has 5 nitrogen and oxygen atoms in total. The molecular formula is C20H13BrCl3F3N4O. The second kappa shape index (κ2) is 8.78. The van der Waals surface area contributed by atoms with E-state index in [9.17, 15) is 18.0 Å². The molecule has 2 heterocycles. The molecule has 3 aromatic rings. The van der Waals surface area contributed by atoms with Gasteiger partial charge in [0.15, 0.2) is 11.7 Å². The Morgan fingerprint density at radius 1 is 1.12 bits per heavy atom. The van der Waals surface area contributed by atoms with E-state index in [1.165, 1.54) is 12.1 Å². The number of hydrogen-bond donors (Lipinski definition) is 2. The van der Waals surface area contributed by atoms with Crippen LogP contribution in [0.4, 0.5) is 24.7 Å². The standard InChI is InChI=1S/C20H13BrCl3F3N4O/c21-10-6-4-9(5-7-10)13-8-14(20(25,26)27)31-18(28-13)15(24)17(30-31)19(32)29-16-11(22)2-1-3-12(16)23/h1-7,13-14,28H,8H2,(H,29,32)/t13-,14+/m0/s1. The van der Waals surface area contributed by atoms with Crippen LogP contribution in [0, 0.1) is 0 Å². The van der Waals surface area contributed by atoms with Crippen LogP contribution < -0.4 is 10.6 Å². The van der Waals surface area contributed by atoms with Crippen LogP contribution in [-0.4, -0.2) is 21.9 Å². The van der Waals surface area contributed by atoms with Crippen molar-refractivity contribution in [3.63, 3.8) is 0 Å². The largest absolute Gasteiger partial charge is 0.410 e. The number of carbonyl (C=O) groups is 1. The smallest absolute Gasteiger partial charge is 0.362 e. The molecule has 32 heavy (non-hydrogen) atoms. The molecule has 0 spiro atoms. The molecule has 4 rings (SSSR count). The molecule has 12 heteroatoms. The highest BCUT2D eigenvalue weighted by Gasteiger charge is 2.47. The Morgan fingerprint density at radius 3 is 2.34 bits per heavy atom. The van der Waals surface area contributed by atoms with Crippen LogP contribution in [0.2, 0.25) is 15.1 Å². The molecular weight excluding hydrogens is 556 g/mol. The molecule has 1 aliphatic rings. The first kappa shape index (κ1) is 23.2. The van der Waals surface area contributed by atoms with Crippen LogP contribution in [0.3, 0.4) is 0 Å². The number of carbonyl (C=O) groups excluding carboxylic acids is 1. The lowest BCUT2D eigenvalue weighted by molar-refractivity contribution is -0.173. The molecule has 168 valence electrons. The molecule has 2 atom stereocenters. The summed E-state index contributed by atoms with van der Waals surface area (Å²) in [6, 6.07) is 8.83. The van der Waals surface area contributed by atoms with Gasteiger partial charge in [0.2, 0.25) is 0 Å². The van der Waals surface area contributed by atoms with Crippen LogP contribution in [-0.2, 0) is 0 Å². The van der Waals surface area contributed by atoms with Crippen molar-refractivity contribution in [2.75, 3.05) is 10.6 Å². The van der Waals surface area contributed by atoms with E-state index in [1.54, 1.807) is 30.3 Å². The molecule has 1 amide bonds. The summed E-state index contributed by atoms with van der Waals surface area (Å²) in [5, 5.41) is 9.43. The van der Waals surface area contributed by atoms with Gasteiger partial charge in [0, 0.05) is 10.9 Å². The summed E-state index contributed by atoms with van der Waals surface area (Å²) in [7, 11) is 0. The molecule has 0 bridgehead atoms. The number of hydrogen-bond acceptors (Lipinski definition) is 3. The first-order chi connectivity index (χ1) is 15.1. The summed E-state index contributed by atoms with van der Waals surface area (Å²) in [5.41, 5.74) is 0.367. The topological polar surface area (TPSA) is 59.0 Å². The van der Waals surface area contributed by atoms with E-state index < -0.39 is 24.2 Å². The predicted octanol–water partition coefficient (Wildman–Crippen LogP) is 7.52. The molecule has 1 aromatic heterocycles. The highest BCUT2D eigenvalue weighted by atomic mass is 79.9. The van der Waals surface area contributed by atoms with Crippen LogP contribution in [0.15, 0.2) is 46.9 Å². The normalized spacial score (nSPS) is 18.1. The third kappa shape index (κ3) is 4.44. The third-order valence-electron chi connectivity index (χ3n) is 4.98. The lowest BCUT2D eigenvalue weighted by Gasteiger charge is -2.33. The number of nitrogens with zero attached hydrogens (tertiary/aromatic N) is 2. The summed E-state index contributed by atoms with van der Waals surface area (Å²) < 4.78 is 43.2. The van der Waals surface area contributed by atoms with Crippen molar-refractivity contribution < 1.29 is 18.0 Å². The maximum Gasteiger partial charge on any atom is 0.410 e. The van der Waals surface area contributed by atoms with E-state index in [1.807, 2.05) is 0 Å². The molecule has 0 aliphatic carbocycles. The summed E-state index contributed by atoms with van der Waals surface area (Å²) in [5.74, 6) is -0.932. The maximum absolute atomic E-state index is 13.9. The second-order valence-electron chi connectivity index (χ2n) is 7.05. The van der Waals surface area contributed by atoms with E-state index in [4.69, 9.17) is 34.8 Å². The highest BCUT2D eigenvalue weighted by Crippen LogP contribution is 2.46. The Kier molecular flexibility index (Phi) is 6.37. The second-order valence-corrected chi connectivity index (χ2v) is 9.16. The number of anilines is 2. The number of alkyl halides is 3. The number of rotatable bonds is 3. The minimum Gasteiger partial charge on any atom is -0.362 e. The number of benzene rings is 2. The molecule has 2 aromatic carbocycles. The molecule has 2 N–H and O–H groups in total. The Balaban J connectivity index is 1.72. The van der Waals surface area contributed by atoms with E-state index in [0.717, 1.165) is 4.47 Å². The van der Waals surface area contributed by atoms with Gasteiger partial charge in [-0.3, -0.25) is 4.79 Å². The van der Waals surface area contributed by atoms with Gasteiger partial charge in [0.1, 0.15) is 10.8 Å². The Morgan fingerprint density at radius 2 is 1.75 bits per heavy atom. The SMILES string of the molecule is O=C(Nc1c(Cl)cccc1Cl)c1nn2c(c1Cl)N[C@H](c1ccc(Br)cc1)C[C@@H]2C(F)(F)F. The van der Waals surface area contributed by atoms with E-state index >= 15 is 0 Å². The van der Waals surface area contributed by atoms with E-state index in [2.05, 4.69) is 31.7 Å².